The molecule has 4 aliphatic rings. The van der Waals surface area contributed by atoms with Crippen molar-refractivity contribution in [3.63, 3.8) is 0 Å². The second-order valence-corrected chi connectivity index (χ2v) is 11.8. The van der Waals surface area contributed by atoms with E-state index in [1.54, 1.807) is 0 Å². The number of halogens is 6. The van der Waals surface area contributed by atoms with Crippen molar-refractivity contribution in [1.82, 2.24) is 0 Å². The molecule has 0 aliphatic heterocycles. The van der Waals surface area contributed by atoms with Crippen LogP contribution in [0.5, 0.6) is 0 Å². The number of alkyl halides is 6. The van der Waals surface area contributed by atoms with Crippen LogP contribution in [-0.2, 0) is 23.8 Å². The molecule has 0 N–H and O–H groups in total. The van der Waals surface area contributed by atoms with Gasteiger partial charge in [0.05, 0.1) is 12.0 Å². The highest BCUT2D eigenvalue weighted by atomic mass is 32.2. The van der Waals surface area contributed by atoms with Gasteiger partial charge in [-0.3, -0.25) is 8.98 Å². The lowest BCUT2D eigenvalue weighted by Crippen LogP contribution is -2.75. The van der Waals surface area contributed by atoms with Gasteiger partial charge in [-0.2, -0.15) is 34.8 Å². The highest BCUT2D eigenvalue weighted by Gasteiger charge is 2.86. The van der Waals surface area contributed by atoms with Crippen LogP contribution >= 0.6 is 0 Å². The van der Waals surface area contributed by atoms with Gasteiger partial charge < -0.3 is 4.74 Å². The zero-order chi connectivity index (χ0) is 25.1. The SMILES string of the molecule is CCOS(=O)(=O)C(CC)(CC)C(OC(=O)C12CC3CC(CC(C3)C1)C2)(C(F)(F)F)C(F)(F)F. The minimum atomic E-state index is -6.26. The second kappa shape index (κ2) is 8.27. The summed E-state index contributed by atoms with van der Waals surface area (Å²) in [4.78, 5) is 13.3. The van der Waals surface area contributed by atoms with Crippen molar-refractivity contribution in [2.45, 2.75) is 94.8 Å². The fourth-order valence-corrected chi connectivity index (χ4v) is 8.91. The first-order valence-electron chi connectivity index (χ1n) is 11.3. The maximum absolute atomic E-state index is 14.5. The van der Waals surface area contributed by atoms with E-state index in [4.69, 9.17) is 0 Å². The summed E-state index contributed by atoms with van der Waals surface area (Å²) >= 11 is 0. The summed E-state index contributed by atoms with van der Waals surface area (Å²) in [6.07, 6.45) is -11.9. The van der Waals surface area contributed by atoms with E-state index in [9.17, 15) is 39.6 Å². The van der Waals surface area contributed by atoms with Crippen molar-refractivity contribution in [2.24, 2.45) is 23.2 Å². The Labute approximate surface area is 189 Å². The first-order chi connectivity index (χ1) is 15.0. The molecule has 12 heteroatoms. The fourth-order valence-electron chi connectivity index (χ4n) is 7.04. The quantitative estimate of drug-likeness (QED) is 0.245. The van der Waals surface area contributed by atoms with E-state index < -0.39 is 63.7 Å². The van der Waals surface area contributed by atoms with Crippen molar-refractivity contribution in [1.29, 1.82) is 0 Å². The Morgan fingerprint density at radius 3 is 1.55 bits per heavy atom. The number of esters is 1. The first-order valence-corrected chi connectivity index (χ1v) is 12.7. The smallest absolute Gasteiger partial charge is 0.437 e. The van der Waals surface area contributed by atoms with E-state index in [1.807, 2.05) is 0 Å². The third kappa shape index (κ3) is 3.77. The number of ether oxygens (including phenoxy) is 1. The van der Waals surface area contributed by atoms with Gasteiger partial charge in [-0.1, -0.05) is 13.8 Å². The zero-order valence-electron chi connectivity index (χ0n) is 18.8. The van der Waals surface area contributed by atoms with Crippen LogP contribution in [0.1, 0.15) is 72.1 Å². The van der Waals surface area contributed by atoms with Crippen LogP contribution < -0.4 is 0 Å². The fraction of sp³-hybridized carbons (Fsp3) is 0.952. The average molecular weight is 509 g/mol. The molecule has 0 aromatic rings. The lowest BCUT2D eigenvalue weighted by atomic mass is 9.49. The Kier molecular flexibility index (Phi) is 6.66. The predicted molar refractivity (Wildman–Crippen MR) is 105 cm³/mol. The molecule has 0 heterocycles. The van der Waals surface area contributed by atoms with Gasteiger partial charge in [0.2, 0.25) is 0 Å². The van der Waals surface area contributed by atoms with Crippen molar-refractivity contribution in [3.8, 4) is 0 Å². The van der Waals surface area contributed by atoms with Gasteiger partial charge in [-0.15, -0.1) is 0 Å². The Bertz CT molecular complexity index is 810. The van der Waals surface area contributed by atoms with Gasteiger partial charge in [-0.05, 0) is 76.0 Å². The molecule has 4 bridgehead atoms. The van der Waals surface area contributed by atoms with E-state index >= 15 is 0 Å². The number of rotatable bonds is 8. The molecule has 0 aromatic heterocycles. The average Bonchev–Trinajstić information content (AvgIpc) is 2.64. The van der Waals surface area contributed by atoms with Crippen LogP contribution in [0.2, 0.25) is 0 Å². The van der Waals surface area contributed by atoms with E-state index in [-0.39, 0.29) is 37.0 Å². The highest BCUT2D eigenvalue weighted by molar-refractivity contribution is 7.88. The maximum Gasteiger partial charge on any atom is 0.439 e. The molecule has 0 spiro atoms. The van der Waals surface area contributed by atoms with E-state index in [2.05, 4.69) is 8.92 Å². The molecule has 0 saturated heterocycles. The topological polar surface area (TPSA) is 69.7 Å². The third-order valence-electron chi connectivity index (χ3n) is 8.05. The number of carbonyl (C=O) groups excluding carboxylic acids is 1. The lowest BCUT2D eigenvalue weighted by Gasteiger charge is -2.56. The van der Waals surface area contributed by atoms with Crippen LogP contribution in [0.3, 0.4) is 0 Å². The molecule has 5 nitrogen and oxygen atoms in total. The van der Waals surface area contributed by atoms with E-state index in [0.29, 0.717) is 0 Å². The highest BCUT2D eigenvalue weighted by Crippen LogP contribution is 2.63. The molecule has 4 rings (SSSR count). The molecular formula is C21H30F6O5S. The van der Waals surface area contributed by atoms with Crippen LogP contribution in [0.4, 0.5) is 26.3 Å². The van der Waals surface area contributed by atoms with Crippen LogP contribution in [0.25, 0.3) is 0 Å². The van der Waals surface area contributed by atoms with Gasteiger partial charge in [0.1, 0.15) is 0 Å². The number of hydrogen-bond acceptors (Lipinski definition) is 5. The van der Waals surface area contributed by atoms with E-state index in [0.717, 1.165) is 40.0 Å². The summed E-state index contributed by atoms with van der Waals surface area (Å²) in [5, 5.41) is 0. The van der Waals surface area contributed by atoms with Crippen LogP contribution in [0, 0.1) is 23.2 Å². The molecule has 4 saturated carbocycles. The van der Waals surface area contributed by atoms with Crippen molar-refractivity contribution < 1.29 is 48.5 Å². The summed E-state index contributed by atoms with van der Waals surface area (Å²) in [5.41, 5.74) is -6.73. The van der Waals surface area contributed by atoms with Gasteiger partial charge in [0.25, 0.3) is 10.1 Å². The van der Waals surface area contributed by atoms with Crippen molar-refractivity contribution in [3.05, 3.63) is 0 Å². The standard InChI is InChI=1S/C21H30F6O5S/c1-4-18(5-2,33(29,30)31-6-3)19(20(22,23)24,21(25,26)27)32-16(28)17-10-13-7-14(11-17)9-15(8-13)12-17/h13-15H,4-12H2,1-3H3. The van der Waals surface area contributed by atoms with Crippen LogP contribution in [-0.4, -0.2) is 43.7 Å². The molecule has 192 valence electrons. The second-order valence-electron chi connectivity index (χ2n) is 9.83. The molecule has 0 unspecified atom stereocenters. The van der Waals surface area contributed by atoms with Crippen molar-refractivity contribution >= 4 is 16.1 Å². The minimum Gasteiger partial charge on any atom is -0.437 e. The molecule has 33 heavy (non-hydrogen) atoms. The number of carbonyl (C=O) groups is 1. The van der Waals surface area contributed by atoms with Crippen molar-refractivity contribution in [2.75, 3.05) is 6.61 Å². The molecule has 4 fully saturated rings. The molecule has 0 amide bonds. The first kappa shape index (κ1) is 26.6. The molecule has 4 aliphatic carbocycles. The molecule has 0 aromatic carbocycles. The van der Waals surface area contributed by atoms with Gasteiger partial charge in [-0.25, -0.2) is 0 Å². The summed E-state index contributed by atoms with van der Waals surface area (Å²) in [6.45, 7) is 2.26. The van der Waals surface area contributed by atoms with Crippen LogP contribution in [0.15, 0.2) is 0 Å². The molecule has 0 atom stereocenters. The maximum atomic E-state index is 14.5. The normalized spacial score (nSPS) is 30.5. The van der Waals surface area contributed by atoms with Gasteiger partial charge in [0.15, 0.2) is 4.75 Å². The number of hydrogen-bond donors (Lipinski definition) is 0. The minimum absolute atomic E-state index is 0.0456. The Morgan fingerprint density at radius 1 is 0.848 bits per heavy atom. The summed E-state index contributed by atoms with van der Waals surface area (Å²) in [7, 11) is -5.48. The summed E-state index contributed by atoms with van der Waals surface area (Å²) in [5.74, 6) is -1.47. The zero-order valence-corrected chi connectivity index (χ0v) is 19.6. The Hall–Kier alpha value is -1.04. The largest absolute Gasteiger partial charge is 0.439 e. The lowest BCUT2D eigenvalue weighted by molar-refractivity contribution is -0.384. The van der Waals surface area contributed by atoms with Gasteiger partial charge >= 0.3 is 23.9 Å². The van der Waals surface area contributed by atoms with Gasteiger partial charge in [0, 0.05) is 0 Å². The van der Waals surface area contributed by atoms with E-state index in [1.165, 1.54) is 0 Å². The monoisotopic (exact) mass is 508 g/mol. The summed E-state index contributed by atoms with van der Waals surface area (Å²) in [6, 6.07) is 0. The molecular weight excluding hydrogens is 478 g/mol. The summed E-state index contributed by atoms with van der Waals surface area (Å²) < 4.78 is 118. The third-order valence-corrected chi connectivity index (χ3v) is 10.4. The Morgan fingerprint density at radius 2 is 1.24 bits per heavy atom. The predicted octanol–water partition coefficient (Wildman–Crippen LogP) is 5.53. The Balaban J connectivity index is 2.19. The molecule has 0 radical (unpaired) electrons.